The van der Waals surface area contributed by atoms with Crippen molar-refractivity contribution in [2.24, 2.45) is 0 Å². The lowest BCUT2D eigenvalue weighted by Crippen LogP contribution is -2.30. The van der Waals surface area contributed by atoms with Crippen molar-refractivity contribution in [3.05, 3.63) is 75.9 Å². The van der Waals surface area contributed by atoms with Gasteiger partial charge >= 0.3 is 18.4 Å². The molecular formula is C23H20F6IN2O4P. The summed E-state index contributed by atoms with van der Waals surface area (Å²) in [5.41, 5.74) is 1.27. The Morgan fingerprint density at radius 2 is 1.76 bits per heavy atom. The Kier molecular flexibility index (Phi) is 9.46. The van der Waals surface area contributed by atoms with E-state index in [4.69, 9.17) is 9.36 Å². The van der Waals surface area contributed by atoms with Gasteiger partial charge in [-0.1, -0.05) is 12.1 Å². The first-order chi connectivity index (χ1) is 17.3. The summed E-state index contributed by atoms with van der Waals surface area (Å²) in [6, 6.07) is 6.08. The van der Waals surface area contributed by atoms with Crippen molar-refractivity contribution >= 4 is 46.6 Å². The number of benzene rings is 2. The van der Waals surface area contributed by atoms with Gasteiger partial charge in [0.05, 0.1) is 17.2 Å². The van der Waals surface area contributed by atoms with Gasteiger partial charge in [-0.25, -0.2) is 14.9 Å². The predicted octanol–water partition coefficient (Wildman–Crippen LogP) is 6.98. The number of nitrogens with one attached hydrogen (secondary N) is 1. The first kappa shape index (κ1) is 29.2. The van der Waals surface area contributed by atoms with E-state index in [1.165, 1.54) is 18.0 Å². The molecule has 3 rings (SSSR count). The first-order valence-electron chi connectivity index (χ1n) is 10.6. The third-order valence-corrected chi connectivity index (χ3v) is 6.44. The Labute approximate surface area is 222 Å². The van der Waals surface area contributed by atoms with Gasteiger partial charge in [0, 0.05) is 13.1 Å². The molecule has 14 heteroatoms. The van der Waals surface area contributed by atoms with Crippen molar-refractivity contribution in [2.45, 2.75) is 37.8 Å². The summed E-state index contributed by atoms with van der Waals surface area (Å²) >= 11 is 1.95. The van der Waals surface area contributed by atoms with Crippen LogP contribution < -0.4 is 5.48 Å². The third kappa shape index (κ3) is 7.81. The fourth-order valence-electron chi connectivity index (χ4n) is 3.86. The first-order valence-corrected chi connectivity index (χ1v) is 14.6. The molecule has 0 spiro atoms. The van der Waals surface area contributed by atoms with Gasteiger partial charge in [-0.05, 0) is 87.5 Å². The third-order valence-electron chi connectivity index (χ3n) is 5.60. The summed E-state index contributed by atoms with van der Waals surface area (Å²) in [7, 11) is 1.44. The van der Waals surface area contributed by atoms with E-state index in [9.17, 15) is 35.9 Å². The van der Waals surface area contributed by atoms with E-state index in [0.29, 0.717) is 30.5 Å². The molecule has 2 unspecified atom stereocenters. The van der Waals surface area contributed by atoms with Gasteiger partial charge in [0.15, 0.2) is 0 Å². The SMILES string of the molecule is CN(C(=O)OCc1cc(C(F)(F)F)cc(C(F)(F)F)c1)C1CCc2ccc(/C=C/C(=O)NOPI)cc21. The van der Waals surface area contributed by atoms with Gasteiger partial charge in [-0.3, -0.25) is 4.79 Å². The number of hydrogen-bond donors (Lipinski definition) is 1. The van der Waals surface area contributed by atoms with Crippen molar-refractivity contribution in [3.8, 4) is 0 Å². The molecule has 0 bridgehead atoms. The largest absolute Gasteiger partial charge is 0.445 e. The van der Waals surface area contributed by atoms with Crippen LogP contribution in [-0.2, 0) is 39.5 Å². The zero-order valence-electron chi connectivity index (χ0n) is 19.0. The summed E-state index contributed by atoms with van der Waals surface area (Å²) in [6.45, 7) is -0.715. The Bertz CT molecular complexity index is 1160. The highest BCUT2D eigenvalue weighted by Gasteiger charge is 2.37. The van der Waals surface area contributed by atoms with Gasteiger partial charge in [-0.2, -0.15) is 26.3 Å². The highest BCUT2D eigenvalue weighted by Crippen LogP contribution is 2.38. The van der Waals surface area contributed by atoms with Gasteiger partial charge in [0.1, 0.15) is 13.1 Å². The van der Waals surface area contributed by atoms with E-state index < -0.39 is 53.7 Å². The van der Waals surface area contributed by atoms with Crippen LogP contribution in [-0.4, -0.2) is 23.9 Å². The molecule has 1 aliphatic rings. The molecule has 2 aromatic carbocycles. The number of hydrogen-bond acceptors (Lipinski definition) is 4. The highest BCUT2D eigenvalue weighted by molar-refractivity contribution is 14.2. The monoisotopic (exact) mass is 660 g/mol. The van der Waals surface area contributed by atoms with Crippen LogP contribution in [0.4, 0.5) is 31.1 Å². The van der Waals surface area contributed by atoms with Crippen molar-refractivity contribution in [2.75, 3.05) is 7.05 Å². The number of hydroxylamine groups is 1. The number of aryl methyl sites for hydroxylation is 1. The highest BCUT2D eigenvalue weighted by atomic mass is 127. The summed E-state index contributed by atoms with van der Waals surface area (Å²) in [5, 5.41) is 0. The van der Waals surface area contributed by atoms with Crippen molar-refractivity contribution in [1.82, 2.24) is 10.4 Å². The quantitative estimate of drug-likeness (QED) is 0.114. The maximum atomic E-state index is 13.1. The van der Waals surface area contributed by atoms with Crippen molar-refractivity contribution in [1.29, 1.82) is 0 Å². The van der Waals surface area contributed by atoms with Crippen molar-refractivity contribution in [3.63, 3.8) is 0 Å². The minimum absolute atomic E-state index is 0.0133. The van der Waals surface area contributed by atoms with Crippen LogP contribution in [0.3, 0.4) is 0 Å². The number of amides is 2. The van der Waals surface area contributed by atoms with Crippen LogP contribution in [0.15, 0.2) is 42.5 Å². The number of carbonyl (C=O) groups excluding carboxylic acids is 2. The molecule has 2 amide bonds. The molecule has 1 aliphatic carbocycles. The Morgan fingerprint density at radius 1 is 1.11 bits per heavy atom. The van der Waals surface area contributed by atoms with E-state index in [1.54, 1.807) is 18.2 Å². The van der Waals surface area contributed by atoms with Crippen LogP contribution in [0.25, 0.3) is 6.08 Å². The van der Waals surface area contributed by atoms with Crippen LogP contribution in [0.2, 0.25) is 0 Å². The summed E-state index contributed by atoms with van der Waals surface area (Å²) < 4.78 is 88.4. The number of rotatable bonds is 7. The lowest BCUT2D eigenvalue weighted by Gasteiger charge is -2.25. The second-order valence-corrected chi connectivity index (χ2v) is 9.75. The number of nitrogens with zero attached hydrogens (tertiary/aromatic N) is 1. The molecule has 0 saturated heterocycles. The van der Waals surface area contributed by atoms with Gasteiger partial charge in [0.2, 0.25) is 0 Å². The molecule has 0 aromatic heterocycles. The summed E-state index contributed by atoms with van der Waals surface area (Å²) in [6.07, 6.45) is -6.86. The topological polar surface area (TPSA) is 67.9 Å². The smallest absolute Gasteiger partial charge is 0.416 e. The number of carbonyl (C=O) groups is 2. The molecule has 0 heterocycles. The number of halogens is 7. The number of alkyl halides is 6. The molecular weight excluding hydrogens is 640 g/mol. The molecule has 200 valence electrons. The molecule has 1 N–H and O–H groups in total. The maximum absolute atomic E-state index is 13.1. The van der Waals surface area contributed by atoms with Crippen LogP contribution >= 0.6 is 28.5 Å². The molecule has 0 fully saturated rings. The average molecular weight is 660 g/mol. The molecule has 37 heavy (non-hydrogen) atoms. The molecule has 0 aliphatic heterocycles. The lowest BCUT2D eigenvalue weighted by molar-refractivity contribution is -0.143. The fourth-order valence-corrected chi connectivity index (χ4v) is 4.33. The molecule has 0 radical (unpaired) electrons. The van der Waals surface area contributed by atoms with Gasteiger partial charge in [0.25, 0.3) is 5.91 Å². The zero-order chi connectivity index (χ0) is 27.4. The minimum atomic E-state index is -5.00. The Morgan fingerprint density at radius 3 is 2.35 bits per heavy atom. The molecule has 6 nitrogen and oxygen atoms in total. The average Bonchev–Trinajstić information content (AvgIpc) is 3.26. The van der Waals surface area contributed by atoms with Crippen LogP contribution in [0.1, 0.15) is 45.8 Å². The predicted molar refractivity (Wildman–Crippen MR) is 132 cm³/mol. The minimum Gasteiger partial charge on any atom is -0.445 e. The second-order valence-electron chi connectivity index (χ2n) is 8.07. The van der Waals surface area contributed by atoms with Crippen molar-refractivity contribution < 1.29 is 45.3 Å². The fraction of sp³-hybridized carbons (Fsp3) is 0.304. The summed E-state index contributed by atoms with van der Waals surface area (Å²) in [5.74, 6) is -0.454. The van der Waals surface area contributed by atoms with E-state index in [-0.39, 0.29) is 12.5 Å². The second kappa shape index (κ2) is 12.0. The molecule has 0 saturated carbocycles. The van der Waals surface area contributed by atoms with Crippen LogP contribution in [0.5, 0.6) is 0 Å². The molecule has 2 aromatic rings. The van der Waals surface area contributed by atoms with Gasteiger partial charge in [-0.15, -0.1) is 0 Å². The number of fused-ring (bicyclic) bond motifs is 1. The Hall–Kier alpha value is -2.38. The standard InChI is InChI=1S/C23H20F6IN2O4P/c1-32(19-6-5-15-4-2-13(10-18(15)19)3-7-20(33)31-36-37-30)21(34)35-12-14-8-16(22(24,25)26)11-17(9-14)23(27,28)29/h2-4,7-11,19,37H,5-6,12H2,1H3,(H,31,33)/b7-3+. The van der Waals surface area contributed by atoms with Gasteiger partial charge < -0.3 is 9.64 Å². The van der Waals surface area contributed by atoms with E-state index in [2.05, 4.69) is 5.48 Å². The van der Waals surface area contributed by atoms with E-state index in [0.717, 1.165) is 11.1 Å². The van der Waals surface area contributed by atoms with E-state index >= 15 is 0 Å². The normalized spacial score (nSPS) is 15.8. The van der Waals surface area contributed by atoms with Crippen LogP contribution in [0, 0.1) is 0 Å². The van der Waals surface area contributed by atoms with E-state index in [1.807, 2.05) is 28.1 Å². The number of ether oxygens (including phenoxy) is 1. The maximum Gasteiger partial charge on any atom is 0.416 e. The zero-order valence-corrected chi connectivity index (χ0v) is 22.2. The lowest BCUT2D eigenvalue weighted by atomic mass is 10.0. The summed E-state index contributed by atoms with van der Waals surface area (Å²) in [4.78, 5) is 25.6. The molecule has 2 atom stereocenters. The Balaban J connectivity index is 1.72.